The summed E-state index contributed by atoms with van der Waals surface area (Å²) in [5.74, 6) is -0.107. The predicted molar refractivity (Wildman–Crippen MR) is 58.5 cm³/mol. The van der Waals surface area contributed by atoms with Gasteiger partial charge in [0.05, 0.1) is 18.2 Å². The molecule has 2 rings (SSSR count). The van der Waals surface area contributed by atoms with Crippen molar-refractivity contribution in [3.8, 4) is 6.07 Å². The quantitative estimate of drug-likeness (QED) is 0.784. The van der Waals surface area contributed by atoms with Crippen LogP contribution in [0.2, 0.25) is 0 Å². The molecule has 1 aliphatic heterocycles. The maximum atomic E-state index is 12.0. The van der Waals surface area contributed by atoms with Crippen LogP contribution in [0.3, 0.4) is 0 Å². The van der Waals surface area contributed by atoms with Crippen LogP contribution in [0.25, 0.3) is 0 Å². The first kappa shape index (κ1) is 11.4. The number of carbonyl (C=O) groups excluding carboxylic acids is 1. The number of nitrogens with zero attached hydrogens (tertiary/aromatic N) is 1. The lowest BCUT2D eigenvalue weighted by molar-refractivity contribution is -0.133. The van der Waals surface area contributed by atoms with E-state index in [4.69, 9.17) is 10.00 Å². The third kappa shape index (κ3) is 1.92. The molecule has 0 aromatic rings. The van der Waals surface area contributed by atoms with Crippen molar-refractivity contribution in [1.29, 1.82) is 5.26 Å². The molecular weight excluding hydrogens is 204 g/mol. The van der Waals surface area contributed by atoms with Gasteiger partial charge in [0.1, 0.15) is 5.41 Å². The summed E-state index contributed by atoms with van der Waals surface area (Å²) < 4.78 is 5.52. The van der Waals surface area contributed by atoms with Crippen LogP contribution in [0.5, 0.6) is 0 Å². The summed E-state index contributed by atoms with van der Waals surface area (Å²) in [5.41, 5.74) is -0.743. The van der Waals surface area contributed by atoms with Gasteiger partial charge in [-0.05, 0) is 39.0 Å². The molecule has 1 aliphatic carbocycles. The molecule has 1 saturated heterocycles. The van der Waals surface area contributed by atoms with Crippen LogP contribution in [0.1, 0.15) is 39.0 Å². The van der Waals surface area contributed by atoms with Crippen molar-refractivity contribution in [3.05, 3.63) is 0 Å². The SMILES string of the molecule is CC(NC(=O)C1(C#N)CCC1)C1CCCO1. The Morgan fingerprint density at radius 1 is 1.56 bits per heavy atom. The van der Waals surface area contributed by atoms with Crippen molar-refractivity contribution in [2.24, 2.45) is 5.41 Å². The fourth-order valence-electron chi connectivity index (χ4n) is 2.35. The zero-order valence-electron chi connectivity index (χ0n) is 9.66. The third-order valence-electron chi connectivity index (χ3n) is 3.74. The summed E-state index contributed by atoms with van der Waals surface area (Å²) >= 11 is 0. The van der Waals surface area contributed by atoms with E-state index in [1.54, 1.807) is 0 Å². The van der Waals surface area contributed by atoms with Gasteiger partial charge in [0.2, 0.25) is 5.91 Å². The second kappa shape index (κ2) is 4.42. The monoisotopic (exact) mass is 222 g/mol. The highest BCUT2D eigenvalue weighted by Crippen LogP contribution is 2.40. The van der Waals surface area contributed by atoms with Gasteiger partial charge in [-0.3, -0.25) is 4.79 Å². The molecule has 0 aromatic heterocycles. The van der Waals surface area contributed by atoms with Crippen LogP contribution in [0.4, 0.5) is 0 Å². The van der Waals surface area contributed by atoms with Crippen molar-refractivity contribution in [3.63, 3.8) is 0 Å². The van der Waals surface area contributed by atoms with E-state index in [0.29, 0.717) is 12.8 Å². The van der Waals surface area contributed by atoms with Crippen molar-refractivity contribution >= 4 is 5.91 Å². The number of hydrogen-bond acceptors (Lipinski definition) is 3. The van der Waals surface area contributed by atoms with Gasteiger partial charge in [-0.1, -0.05) is 0 Å². The van der Waals surface area contributed by atoms with E-state index < -0.39 is 5.41 Å². The molecule has 4 nitrogen and oxygen atoms in total. The molecule has 0 bridgehead atoms. The summed E-state index contributed by atoms with van der Waals surface area (Å²) in [5, 5.41) is 12.0. The summed E-state index contributed by atoms with van der Waals surface area (Å²) in [7, 11) is 0. The van der Waals surface area contributed by atoms with Crippen LogP contribution in [-0.2, 0) is 9.53 Å². The average Bonchev–Trinajstić information content (AvgIpc) is 2.69. The first-order valence-electron chi connectivity index (χ1n) is 6.02. The van der Waals surface area contributed by atoms with Crippen LogP contribution < -0.4 is 5.32 Å². The van der Waals surface area contributed by atoms with Gasteiger partial charge in [-0.15, -0.1) is 0 Å². The van der Waals surface area contributed by atoms with Gasteiger partial charge in [0.15, 0.2) is 0 Å². The molecule has 0 spiro atoms. The number of amides is 1. The molecule has 2 aliphatic rings. The largest absolute Gasteiger partial charge is 0.376 e. The Kier molecular flexibility index (Phi) is 3.15. The molecule has 88 valence electrons. The standard InChI is InChI=1S/C12H18N2O2/c1-9(10-4-2-7-16-10)14-11(15)12(8-13)5-3-6-12/h9-10H,2-7H2,1H3,(H,14,15). The number of ether oxygens (including phenoxy) is 1. The number of nitriles is 1. The van der Waals surface area contributed by atoms with Crippen molar-refractivity contribution in [2.75, 3.05) is 6.61 Å². The Hall–Kier alpha value is -1.08. The molecule has 1 heterocycles. The van der Waals surface area contributed by atoms with E-state index in [2.05, 4.69) is 11.4 Å². The summed E-state index contributed by atoms with van der Waals surface area (Å²) in [6, 6.07) is 2.17. The Labute approximate surface area is 96.0 Å². The average molecular weight is 222 g/mol. The topological polar surface area (TPSA) is 62.1 Å². The Morgan fingerprint density at radius 3 is 2.75 bits per heavy atom. The second-order valence-electron chi connectivity index (χ2n) is 4.86. The van der Waals surface area contributed by atoms with Crippen LogP contribution in [-0.4, -0.2) is 24.7 Å². The van der Waals surface area contributed by atoms with Gasteiger partial charge in [0.25, 0.3) is 0 Å². The molecule has 1 saturated carbocycles. The van der Waals surface area contributed by atoms with E-state index in [0.717, 1.165) is 25.9 Å². The molecule has 16 heavy (non-hydrogen) atoms. The molecule has 2 unspecified atom stereocenters. The van der Waals surface area contributed by atoms with Crippen molar-refractivity contribution < 1.29 is 9.53 Å². The highest BCUT2D eigenvalue weighted by atomic mass is 16.5. The van der Waals surface area contributed by atoms with Gasteiger partial charge < -0.3 is 10.1 Å². The first-order chi connectivity index (χ1) is 7.68. The van der Waals surface area contributed by atoms with Gasteiger partial charge in [0, 0.05) is 6.61 Å². The lowest BCUT2D eigenvalue weighted by Crippen LogP contribution is -2.50. The van der Waals surface area contributed by atoms with Gasteiger partial charge in [-0.25, -0.2) is 0 Å². The summed E-state index contributed by atoms with van der Waals surface area (Å²) in [6.45, 7) is 2.74. The number of rotatable bonds is 3. The molecule has 2 fully saturated rings. The minimum absolute atomic E-state index is 0.0147. The number of hydrogen-bond donors (Lipinski definition) is 1. The van der Waals surface area contributed by atoms with E-state index >= 15 is 0 Å². The summed E-state index contributed by atoms with van der Waals surface area (Å²) in [6.07, 6.45) is 4.57. The molecule has 1 amide bonds. The first-order valence-corrected chi connectivity index (χ1v) is 6.02. The van der Waals surface area contributed by atoms with Gasteiger partial charge in [-0.2, -0.15) is 5.26 Å². The van der Waals surface area contributed by atoms with E-state index in [-0.39, 0.29) is 18.1 Å². The van der Waals surface area contributed by atoms with Gasteiger partial charge >= 0.3 is 0 Å². The maximum absolute atomic E-state index is 12.0. The molecule has 0 aromatic carbocycles. The molecule has 0 radical (unpaired) electrons. The van der Waals surface area contributed by atoms with Crippen molar-refractivity contribution in [1.82, 2.24) is 5.32 Å². The Balaban J connectivity index is 1.89. The zero-order valence-corrected chi connectivity index (χ0v) is 9.66. The normalized spacial score (nSPS) is 28.9. The predicted octanol–water partition coefficient (Wildman–Crippen LogP) is 1.36. The fraction of sp³-hybridized carbons (Fsp3) is 0.833. The number of carbonyl (C=O) groups is 1. The van der Waals surface area contributed by atoms with Crippen LogP contribution in [0.15, 0.2) is 0 Å². The lowest BCUT2D eigenvalue weighted by Gasteiger charge is -2.35. The minimum atomic E-state index is -0.743. The van der Waals surface area contributed by atoms with E-state index in [9.17, 15) is 4.79 Å². The zero-order chi connectivity index (χ0) is 11.6. The van der Waals surface area contributed by atoms with Crippen LogP contribution in [0, 0.1) is 16.7 Å². The molecular formula is C12H18N2O2. The lowest BCUT2D eigenvalue weighted by atomic mass is 9.69. The third-order valence-corrected chi connectivity index (χ3v) is 3.74. The Bertz CT molecular complexity index is 311. The molecule has 4 heteroatoms. The highest BCUT2D eigenvalue weighted by molar-refractivity contribution is 5.86. The number of nitrogens with one attached hydrogen (secondary N) is 1. The molecule has 2 atom stereocenters. The molecule has 1 N–H and O–H groups in total. The smallest absolute Gasteiger partial charge is 0.240 e. The van der Waals surface area contributed by atoms with E-state index in [1.165, 1.54) is 0 Å². The summed E-state index contributed by atoms with van der Waals surface area (Å²) in [4.78, 5) is 12.0. The van der Waals surface area contributed by atoms with Crippen molar-refractivity contribution in [2.45, 2.75) is 51.2 Å². The maximum Gasteiger partial charge on any atom is 0.240 e. The minimum Gasteiger partial charge on any atom is -0.376 e. The van der Waals surface area contributed by atoms with E-state index in [1.807, 2.05) is 6.92 Å². The second-order valence-corrected chi connectivity index (χ2v) is 4.86. The Morgan fingerprint density at radius 2 is 2.31 bits per heavy atom. The van der Waals surface area contributed by atoms with Crippen LogP contribution >= 0.6 is 0 Å². The highest BCUT2D eigenvalue weighted by Gasteiger charge is 2.45. The fourth-order valence-corrected chi connectivity index (χ4v) is 2.35.